The van der Waals surface area contributed by atoms with Crippen LogP contribution >= 0.6 is 34.7 Å². The van der Waals surface area contributed by atoms with E-state index in [-0.39, 0.29) is 11.6 Å². The Kier molecular flexibility index (Phi) is 11.0. The minimum atomic E-state index is -0.626. The van der Waals surface area contributed by atoms with Crippen molar-refractivity contribution in [3.8, 4) is 11.3 Å². The second-order valence-corrected chi connectivity index (χ2v) is 13.1. The first-order chi connectivity index (χ1) is 23.9. The monoisotopic (exact) mass is 700 g/mol. The highest BCUT2D eigenvalue weighted by molar-refractivity contribution is 8.00. The molecule has 49 heavy (non-hydrogen) atoms. The standard InChI is InChI=1S/C39H29ClN4O3S2/c40-32-22-11-10-21-31(32)34-25-48-39(43-34)44-38(47)35(27-15-6-2-7-16-27)49-30-20-12-19-29(24-30)41-37(46)33(23-26-13-4-1-5-14-26)42-36(45)28-17-8-3-9-18-28/h1-25,35H,(H,41,46)(H,42,45)(H,43,44,47)/b33-23-. The van der Waals surface area contributed by atoms with Crippen molar-refractivity contribution in [3.63, 3.8) is 0 Å². The molecule has 1 atom stereocenters. The molecule has 5 aromatic carbocycles. The maximum Gasteiger partial charge on any atom is 0.272 e. The molecular formula is C39H29ClN4O3S2. The van der Waals surface area contributed by atoms with Crippen LogP contribution in [0.2, 0.25) is 5.02 Å². The first-order valence-electron chi connectivity index (χ1n) is 15.2. The molecule has 0 spiro atoms. The molecule has 7 nitrogen and oxygen atoms in total. The largest absolute Gasteiger partial charge is 0.321 e. The van der Waals surface area contributed by atoms with Crippen LogP contribution in [0.25, 0.3) is 17.3 Å². The van der Waals surface area contributed by atoms with E-state index in [4.69, 9.17) is 11.6 Å². The molecule has 1 aromatic heterocycles. The summed E-state index contributed by atoms with van der Waals surface area (Å²) < 4.78 is 0. The third kappa shape index (κ3) is 8.91. The number of aromatic nitrogens is 1. The van der Waals surface area contributed by atoms with Gasteiger partial charge in [0.05, 0.1) is 5.69 Å². The molecule has 1 unspecified atom stereocenters. The summed E-state index contributed by atoms with van der Waals surface area (Å²) in [7, 11) is 0. The van der Waals surface area contributed by atoms with Crippen LogP contribution in [0.3, 0.4) is 0 Å². The molecule has 0 saturated carbocycles. The third-order valence-electron chi connectivity index (χ3n) is 7.21. The lowest BCUT2D eigenvalue weighted by molar-refractivity contribution is -0.116. The van der Waals surface area contributed by atoms with E-state index in [0.29, 0.717) is 27.1 Å². The summed E-state index contributed by atoms with van der Waals surface area (Å²) in [5.74, 6) is -1.15. The molecule has 242 valence electrons. The number of anilines is 2. The van der Waals surface area contributed by atoms with Crippen molar-refractivity contribution in [1.82, 2.24) is 10.3 Å². The lowest BCUT2D eigenvalue weighted by Gasteiger charge is -2.17. The van der Waals surface area contributed by atoms with E-state index in [1.54, 1.807) is 54.6 Å². The van der Waals surface area contributed by atoms with Crippen molar-refractivity contribution in [3.05, 3.63) is 172 Å². The zero-order valence-electron chi connectivity index (χ0n) is 25.9. The molecular weight excluding hydrogens is 672 g/mol. The SMILES string of the molecule is O=C(Nc1cccc(SC(C(=O)Nc2nc(-c3ccccc3Cl)cs2)c2ccccc2)c1)/C(=C/c1ccccc1)NC(=O)c1ccccc1. The Bertz CT molecular complexity index is 2110. The average molecular weight is 701 g/mol. The number of nitrogens with zero attached hydrogens (tertiary/aromatic N) is 1. The minimum absolute atomic E-state index is 0.0826. The van der Waals surface area contributed by atoms with E-state index in [1.807, 2.05) is 96.4 Å². The number of hydrogen-bond acceptors (Lipinski definition) is 6. The van der Waals surface area contributed by atoms with Crippen LogP contribution in [-0.2, 0) is 9.59 Å². The van der Waals surface area contributed by atoms with Gasteiger partial charge in [0, 0.05) is 32.1 Å². The Labute approximate surface area is 297 Å². The van der Waals surface area contributed by atoms with Crippen LogP contribution in [0, 0.1) is 0 Å². The number of hydrogen-bond donors (Lipinski definition) is 3. The van der Waals surface area contributed by atoms with Crippen LogP contribution in [-0.4, -0.2) is 22.7 Å². The zero-order chi connectivity index (χ0) is 34.0. The highest BCUT2D eigenvalue weighted by atomic mass is 35.5. The van der Waals surface area contributed by atoms with E-state index in [0.717, 1.165) is 21.6 Å². The van der Waals surface area contributed by atoms with E-state index in [1.165, 1.54) is 23.1 Å². The molecule has 0 saturated heterocycles. The van der Waals surface area contributed by atoms with Gasteiger partial charge in [-0.15, -0.1) is 23.1 Å². The van der Waals surface area contributed by atoms with E-state index in [9.17, 15) is 14.4 Å². The van der Waals surface area contributed by atoms with Crippen molar-refractivity contribution in [1.29, 1.82) is 0 Å². The van der Waals surface area contributed by atoms with Crippen LogP contribution in [0.1, 0.15) is 26.7 Å². The number of rotatable bonds is 11. The topological polar surface area (TPSA) is 100 Å². The molecule has 0 radical (unpaired) electrons. The molecule has 10 heteroatoms. The van der Waals surface area contributed by atoms with Crippen molar-refractivity contribution < 1.29 is 14.4 Å². The van der Waals surface area contributed by atoms with E-state index < -0.39 is 17.1 Å². The summed E-state index contributed by atoms with van der Waals surface area (Å²) in [5, 5.41) is 10.9. The first kappa shape index (κ1) is 33.4. The molecule has 3 N–H and O–H groups in total. The van der Waals surface area contributed by atoms with Crippen molar-refractivity contribution in [2.75, 3.05) is 10.6 Å². The van der Waals surface area contributed by atoms with Gasteiger partial charge in [0.2, 0.25) is 5.91 Å². The fourth-order valence-corrected chi connectivity index (χ4v) is 6.87. The maximum atomic E-state index is 13.8. The van der Waals surface area contributed by atoms with Gasteiger partial charge in [-0.05, 0) is 53.6 Å². The first-order valence-corrected chi connectivity index (χ1v) is 17.3. The molecule has 3 amide bonds. The lowest BCUT2D eigenvalue weighted by Crippen LogP contribution is -2.30. The van der Waals surface area contributed by atoms with Crippen molar-refractivity contribution >= 4 is 69.3 Å². The minimum Gasteiger partial charge on any atom is -0.321 e. The number of carbonyl (C=O) groups excluding carboxylic acids is 3. The number of benzene rings is 5. The van der Waals surface area contributed by atoms with Gasteiger partial charge < -0.3 is 16.0 Å². The molecule has 0 bridgehead atoms. The van der Waals surface area contributed by atoms with Gasteiger partial charge in [0.15, 0.2) is 5.13 Å². The molecule has 6 rings (SSSR count). The molecule has 0 aliphatic heterocycles. The van der Waals surface area contributed by atoms with Crippen LogP contribution in [0.5, 0.6) is 0 Å². The maximum absolute atomic E-state index is 13.8. The van der Waals surface area contributed by atoms with Crippen molar-refractivity contribution in [2.45, 2.75) is 10.1 Å². The number of thiazole rings is 1. The van der Waals surface area contributed by atoms with Crippen LogP contribution in [0.15, 0.2) is 155 Å². The van der Waals surface area contributed by atoms with E-state index in [2.05, 4.69) is 20.9 Å². The Morgan fingerprint density at radius 3 is 2.16 bits per heavy atom. The predicted octanol–water partition coefficient (Wildman–Crippen LogP) is 9.35. The summed E-state index contributed by atoms with van der Waals surface area (Å²) in [6.07, 6.45) is 1.63. The molecule has 0 fully saturated rings. The Hall–Kier alpha value is -5.48. The highest BCUT2D eigenvalue weighted by Gasteiger charge is 2.24. The van der Waals surface area contributed by atoms with Crippen LogP contribution in [0.4, 0.5) is 10.8 Å². The van der Waals surface area contributed by atoms with Gasteiger partial charge in [-0.3, -0.25) is 14.4 Å². The Balaban J connectivity index is 1.20. The van der Waals surface area contributed by atoms with Crippen molar-refractivity contribution in [2.24, 2.45) is 0 Å². The number of halogens is 1. The number of nitrogens with one attached hydrogen (secondary N) is 3. The summed E-state index contributed by atoms with van der Waals surface area (Å²) in [5.41, 5.74) is 4.03. The smallest absolute Gasteiger partial charge is 0.272 e. The normalized spacial score (nSPS) is 11.7. The lowest BCUT2D eigenvalue weighted by atomic mass is 10.1. The summed E-state index contributed by atoms with van der Waals surface area (Å²) in [4.78, 5) is 45.7. The summed E-state index contributed by atoms with van der Waals surface area (Å²) >= 11 is 9.03. The molecule has 1 heterocycles. The second-order valence-electron chi connectivity index (χ2n) is 10.7. The second kappa shape index (κ2) is 16.1. The molecule has 0 aliphatic rings. The highest BCUT2D eigenvalue weighted by Crippen LogP contribution is 2.38. The van der Waals surface area contributed by atoms with Gasteiger partial charge in [0.1, 0.15) is 10.9 Å². The van der Waals surface area contributed by atoms with E-state index >= 15 is 0 Å². The summed E-state index contributed by atoms with van der Waals surface area (Å²) in [6.45, 7) is 0. The Morgan fingerprint density at radius 1 is 0.755 bits per heavy atom. The van der Waals surface area contributed by atoms with Gasteiger partial charge in [0.25, 0.3) is 11.8 Å². The van der Waals surface area contributed by atoms with Gasteiger partial charge >= 0.3 is 0 Å². The van der Waals surface area contributed by atoms with Gasteiger partial charge in [-0.2, -0.15) is 0 Å². The predicted molar refractivity (Wildman–Crippen MR) is 200 cm³/mol. The van der Waals surface area contributed by atoms with Gasteiger partial charge in [-0.25, -0.2) is 4.98 Å². The Morgan fingerprint density at radius 2 is 1.43 bits per heavy atom. The fourth-order valence-electron chi connectivity index (χ4n) is 4.84. The zero-order valence-corrected chi connectivity index (χ0v) is 28.3. The van der Waals surface area contributed by atoms with Crippen LogP contribution < -0.4 is 16.0 Å². The quantitative estimate of drug-likeness (QED) is 0.0924. The summed E-state index contributed by atoms with van der Waals surface area (Å²) in [6, 6.07) is 42.1. The molecule has 0 aliphatic carbocycles. The number of thioether (sulfide) groups is 1. The van der Waals surface area contributed by atoms with Gasteiger partial charge in [-0.1, -0.05) is 115 Å². The average Bonchev–Trinajstić information content (AvgIpc) is 3.59. The fraction of sp³-hybridized carbons (Fsp3) is 0.0256. The molecule has 6 aromatic rings. The number of carbonyl (C=O) groups is 3. The number of amides is 3. The third-order valence-corrected chi connectivity index (χ3v) is 9.55.